The molecule has 114 valence electrons. The molecule has 0 saturated heterocycles. The Kier molecular flexibility index (Phi) is 5.49. The fourth-order valence-corrected chi connectivity index (χ4v) is 2.26. The average molecular weight is 314 g/mol. The summed E-state index contributed by atoms with van der Waals surface area (Å²) >= 11 is 5.16. The third-order valence-electron chi connectivity index (χ3n) is 3.18. The fraction of sp³-hybridized carbons (Fsp3) is 0.176. The molecule has 5 heteroatoms. The minimum Gasteiger partial charge on any atom is -0.496 e. The van der Waals surface area contributed by atoms with Crippen molar-refractivity contribution in [1.29, 1.82) is 0 Å². The molecule has 0 atom stereocenters. The van der Waals surface area contributed by atoms with Crippen molar-refractivity contribution in [3.8, 4) is 5.75 Å². The molecule has 0 fully saturated rings. The van der Waals surface area contributed by atoms with Crippen LogP contribution < -0.4 is 15.4 Å². The highest BCUT2D eigenvalue weighted by molar-refractivity contribution is 7.80. The molecule has 0 aromatic heterocycles. The van der Waals surface area contributed by atoms with Crippen molar-refractivity contribution in [1.82, 2.24) is 10.6 Å². The summed E-state index contributed by atoms with van der Waals surface area (Å²) in [6.07, 6.45) is 0. The monoisotopic (exact) mass is 314 g/mol. The molecule has 22 heavy (non-hydrogen) atoms. The molecule has 0 heterocycles. The first kappa shape index (κ1) is 16.0. The number of methoxy groups -OCH3 is 1. The van der Waals surface area contributed by atoms with Crippen LogP contribution in [0.2, 0.25) is 0 Å². The standard InChI is InChI=1S/C17H18N2O2S/c1-12-7-6-10-14(15(12)21-2)16(20)19-17(22)18-11-13-8-4-3-5-9-13/h3-10H,11H2,1-2H3,(H2,18,19,20,22). The lowest BCUT2D eigenvalue weighted by Crippen LogP contribution is -2.39. The van der Waals surface area contributed by atoms with E-state index in [0.717, 1.165) is 11.1 Å². The molecule has 0 aliphatic heterocycles. The van der Waals surface area contributed by atoms with Crippen LogP contribution >= 0.6 is 12.2 Å². The van der Waals surface area contributed by atoms with Crippen LogP contribution in [0.15, 0.2) is 48.5 Å². The fourth-order valence-electron chi connectivity index (χ4n) is 2.10. The number of carbonyl (C=O) groups is 1. The second-order valence-corrected chi connectivity index (χ2v) is 5.19. The third kappa shape index (κ3) is 4.05. The van der Waals surface area contributed by atoms with Gasteiger partial charge in [0, 0.05) is 6.54 Å². The maximum absolute atomic E-state index is 12.3. The highest BCUT2D eigenvalue weighted by atomic mass is 32.1. The number of amides is 1. The van der Waals surface area contributed by atoms with Crippen molar-refractivity contribution in [3.05, 3.63) is 65.2 Å². The van der Waals surface area contributed by atoms with Crippen molar-refractivity contribution in [3.63, 3.8) is 0 Å². The van der Waals surface area contributed by atoms with Gasteiger partial charge in [0.15, 0.2) is 5.11 Å². The lowest BCUT2D eigenvalue weighted by molar-refractivity contribution is 0.0973. The zero-order chi connectivity index (χ0) is 15.9. The second-order valence-electron chi connectivity index (χ2n) is 4.78. The van der Waals surface area contributed by atoms with E-state index in [9.17, 15) is 4.79 Å². The van der Waals surface area contributed by atoms with Crippen LogP contribution in [0.25, 0.3) is 0 Å². The number of thiocarbonyl (C=S) groups is 1. The predicted octanol–water partition coefficient (Wildman–Crippen LogP) is 2.81. The lowest BCUT2D eigenvalue weighted by atomic mass is 10.1. The Bertz CT molecular complexity index is 672. The number of ether oxygens (including phenoxy) is 1. The highest BCUT2D eigenvalue weighted by Gasteiger charge is 2.14. The minimum absolute atomic E-state index is 0.286. The Hall–Kier alpha value is -2.40. The summed E-state index contributed by atoms with van der Waals surface area (Å²) in [6, 6.07) is 15.2. The molecule has 0 aliphatic rings. The molecule has 0 bridgehead atoms. The van der Waals surface area contributed by atoms with E-state index in [4.69, 9.17) is 17.0 Å². The molecule has 2 aromatic rings. The zero-order valence-corrected chi connectivity index (χ0v) is 13.4. The van der Waals surface area contributed by atoms with Crippen LogP contribution in [0.3, 0.4) is 0 Å². The maximum atomic E-state index is 12.3. The number of para-hydroxylation sites is 1. The van der Waals surface area contributed by atoms with E-state index in [0.29, 0.717) is 17.9 Å². The summed E-state index contributed by atoms with van der Waals surface area (Å²) in [5.41, 5.74) is 2.46. The Morgan fingerprint density at radius 3 is 2.55 bits per heavy atom. The first-order valence-electron chi connectivity index (χ1n) is 6.88. The summed E-state index contributed by atoms with van der Waals surface area (Å²) in [5.74, 6) is 0.275. The van der Waals surface area contributed by atoms with Gasteiger partial charge < -0.3 is 10.1 Å². The van der Waals surface area contributed by atoms with Gasteiger partial charge in [-0.2, -0.15) is 0 Å². The molecule has 0 radical (unpaired) electrons. The van der Waals surface area contributed by atoms with E-state index in [-0.39, 0.29) is 11.0 Å². The number of carbonyl (C=O) groups excluding carboxylic acids is 1. The van der Waals surface area contributed by atoms with Gasteiger partial charge in [0.1, 0.15) is 5.75 Å². The summed E-state index contributed by atoms with van der Waals surface area (Å²) in [4.78, 5) is 12.3. The van der Waals surface area contributed by atoms with Crippen molar-refractivity contribution < 1.29 is 9.53 Å². The number of aryl methyl sites for hydroxylation is 1. The van der Waals surface area contributed by atoms with Crippen LogP contribution in [-0.4, -0.2) is 18.1 Å². The quantitative estimate of drug-likeness (QED) is 0.852. The van der Waals surface area contributed by atoms with E-state index in [1.54, 1.807) is 13.2 Å². The molecular weight excluding hydrogens is 296 g/mol. The van der Waals surface area contributed by atoms with Crippen LogP contribution in [0.4, 0.5) is 0 Å². The van der Waals surface area contributed by atoms with Gasteiger partial charge in [-0.15, -0.1) is 0 Å². The maximum Gasteiger partial charge on any atom is 0.261 e. The summed E-state index contributed by atoms with van der Waals surface area (Å²) in [7, 11) is 1.55. The first-order valence-corrected chi connectivity index (χ1v) is 7.29. The van der Waals surface area contributed by atoms with E-state index < -0.39 is 0 Å². The topological polar surface area (TPSA) is 50.4 Å². The Labute approximate surface area is 135 Å². The summed E-state index contributed by atoms with van der Waals surface area (Å²) in [5, 5.41) is 5.97. The molecular formula is C17H18N2O2S. The van der Waals surface area contributed by atoms with Gasteiger partial charge >= 0.3 is 0 Å². The SMILES string of the molecule is COc1c(C)cccc1C(=O)NC(=S)NCc1ccccc1. The lowest BCUT2D eigenvalue weighted by Gasteiger charge is -2.13. The number of rotatable bonds is 4. The van der Waals surface area contributed by atoms with Crippen LogP contribution in [0, 0.1) is 6.92 Å². The number of benzene rings is 2. The van der Waals surface area contributed by atoms with Crippen LogP contribution in [0.1, 0.15) is 21.5 Å². The van der Waals surface area contributed by atoms with Gasteiger partial charge in [-0.25, -0.2) is 0 Å². The van der Waals surface area contributed by atoms with Crippen molar-refractivity contribution in [2.24, 2.45) is 0 Å². The Morgan fingerprint density at radius 1 is 1.14 bits per heavy atom. The van der Waals surface area contributed by atoms with E-state index in [2.05, 4.69) is 10.6 Å². The summed E-state index contributed by atoms with van der Waals surface area (Å²) in [6.45, 7) is 2.45. The Balaban J connectivity index is 1.97. The number of hydrogen-bond acceptors (Lipinski definition) is 3. The van der Waals surface area contributed by atoms with Crippen LogP contribution in [0.5, 0.6) is 5.75 Å². The largest absolute Gasteiger partial charge is 0.496 e. The van der Waals surface area contributed by atoms with Gasteiger partial charge in [0.25, 0.3) is 5.91 Å². The first-order chi connectivity index (χ1) is 10.6. The van der Waals surface area contributed by atoms with Crippen molar-refractivity contribution >= 4 is 23.2 Å². The minimum atomic E-state index is -0.286. The molecule has 0 spiro atoms. The second kappa shape index (κ2) is 7.56. The van der Waals surface area contributed by atoms with Crippen molar-refractivity contribution in [2.45, 2.75) is 13.5 Å². The molecule has 2 rings (SSSR count). The predicted molar refractivity (Wildman–Crippen MR) is 91.1 cm³/mol. The molecule has 4 nitrogen and oxygen atoms in total. The molecule has 2 N–H and O–H groups in total. The summed E-state index contributed by atoms with van der Waals surface area (Å²) < 4.78 is 5.28. The number of hydrogen-bond donors (Lipinski definition) is 2. The normalized spacial score (nSPS) is 9.91. The Morgan fingerprint density at radius 2 is 1.86 bits per heavy atom. The molecule has 1 amide bonds. The van der Waals surface area contributed by atoms with E-state index in [1.165, 1.54) is 0 Å². The smallest absolute Gasteiger partial charge is 0.261 e. The molecule has 0 aliphatic carbocycles. The average Bonchev–Trinajstić information content (AvgIpc) is 2.53. The van der Waals surface area contributed by atoms with Crippen molar-refractivity contribution in [2.75, 3.05) is 7.11 Å². The number of nitrogens with one attached hydrogen (secondary N) is 2. The third-order valence-corrected chi connectivity index (χ3v) is 3.43. The van der Waals surface area contributed by atoms with Gasteiger partial charge in [-0.05, 0) is 36.3 Å². The van der Waals surface area contributed by atoms with E-state index >= 15 is 0 Å². The van der Waals surface area contributed by atoms with E-state index in [1.807, 2.05) is 49.4 Å². The van der Waals surface area contributed by atoms with Gasteiger partial charge in [-0.3, -0.25) is 10.1 Å². The van der Waals surface area contributed by atoms with Gasteiger partial charge in [0.2, 0.25) is 0 Å². The molecule has 0 unspecified atom stereocenters. The van der Waals surface area contributed by atoms with Gasteiger partial charge in [-0.1, -0.05) is 42.5 Å². The molecule has 0 saturated carbocycles. The zero-order valence-electron chi connectivity index (χ0n) is 12.6. The molecule has 2 aromatic carbocycles. The van der Waals surface area contributed by atoms with Gasteiger partial charge in [0.05, 0.1) is 12.7 Å². The highest BCUT2D eigenvalue weighted by Crippen LogP contribution is 2.22. The van der Waals surface area contributed by atoms with Crippen LogP contribution in [-0.2, 0) is 6.54 Å².